The Labute approximate surface area is 158 Å². The number of carbonyl (C=O) groups excluding carboxylic acids is 4. The molecule has 0 aromatic heterocycles. The van der Waals surface area contributed by atoms with E-state index in [4.69, 9.17) is 9.47 Å². The standard InChI is InChI=1S/2C8H14O4.Cu/c2*1-2-6-12-8(11)5-3-4-7(9)10;/h2*2-6H2,1H3,(H,9,10);/q;;+2/p-2. The third-order valence-corrected chi connectivity index (χ3v) is 2.46. The molecule has 0 saturated heterocycles. The SMILES string of the molecule is CCCOC(=O)CCCC(=O)[O-].CCCOC(=O)CCCC(=O)[O-].[Cu+2]. The maximum absolute atomic E-state index is 10.7. The molecule has 0 unspecified atom stereocenters. The summed E-state index contributed by atoms with van der Waals surface area (Å²) in [5.41, 5.74) is 0. The van der Waals surface area contributed by atoms with E-state index in [9.17, 15) is 29.4 Å². The predicted molar refractivity (Wildman–Crippen MR) is 80.2 cm³/mol. The smallest absolute Gasteiger partial charge is 0.550 e. The van der Waals surface area contributed by atoms with Gasteiger partial charge < -0.3 is 29.3 Å². The number of aliphatic carboxylic acids is 2. The number of hydrogen-bond acceptors (Lipinski definition) is 8. The average molecular weight is 410 g/mol. The Morgan fingerprint density at radius 1 is 0.680 bits per heavy atom. The summed E-state index contributed by atoms with van der Waals surface area (Å²) in [6, 6.07) is 0. The molecule has 0 heterocycles. The van der Waals surface area contributed by atoms with Gasteiger partial charge in [-0.15, -0.1) is 0 Å². The van der Waals surface area contributed by atoms with Crippen molar-refractivity contribution in [3.8, 4) is 0 Å². The van der Waals surface area contributed by atoms with E-state index in [1.54, 1.807) is 0 Å². The van der Waals surface area contributed by atoms with Crippen LogP contribution in [0, 0.1) is 0 Å². The molecule has 0 aliphatic rings. The van der Waals surface area contributed by atoms with Crippen LogP contribution in [0.25, 0.3) is 0 Å². The molecule has 0 atom stereocenters. The maximum atomic E-state index is 10.7. The van der Waals surface area contributed by atoms with Gasteiger partial charge in [0.1, 0.15) is 0 Å². The quantitative estimate of drug-likeness (QED) is 0.317. The van der Waals surface area contributed by atoms with Crippen LogP contribution in [-0.4, -0.2) is 37.1 Å². The fourth-order valence-electron chi connectivity index (χ4n) is 1.33. The van der Waals surface area contributed by atoms with Crippen LogP contribution in [0.4, 0.5) is 0 Å². The summed E-state index contributed by atoms with van der Waals surface area (Å²) in [4.78, 5) is 41.4. The van der Waals surface area contributed by atoms with Crippen LogP contribution in [0.5, 0.6) is 0 Å². The Bertz CT molecular complexity index is 348. The van der Waals surface area contributed by atoms with Gasteiger partial charge in [-0.1, -0.05) is 13.8 Å². The minimum Gasteiger partial charge on any atom is -0.550 e. The van der Waals surface area contributed by atoms with Gasteiger partial charge in [0.15, 0.2) is 0 Å². The zero-order valence-electron chi connectivity index (χ0n) is 14.6. The summed E-state index contributed by atoms with van der Waals surface area (Å²) in [5.74, 6) is -2.92. The summed E-state index contributed by atoms with van der Waals surface area (Å²) in [7, 11) is 0. The fraction of sp³-hybridized carbons (Fsp3) is 0.750. The summed E-state index contributed by atoms with van der Waals surface area (Å²) in [5, 5.41) is 19.9. The average Bonchev–Trinajstić information content (AvgIpc) is 2.50. The van der Waals surface area contributed by atoms with Gasteiger partial charge in [-0.3, -0.25) is 9.59 Å². The van der Waals surface area contributed by atoms with Crippen molar-refractivity contribution >= 4 is 23.9 Å². The molecule has 1 radical (unpaired) electrons. The van der Waals surface area contributed by atoms with Crippen molar-refractivity contribution in [3.05, 3.63) is 0 Å². The van der Waals surface area contributed by atoms with Crippen molar-refractivity contribution in [2.75, 3.05) is 13.2 Å². The first kappa shape index (κ1) is 28.2. The van der Waals surface area contributed by atoms with Crippen LogP contribution in [0.15, 0.2) is 0 Å². The van der Waals surface area contributed by atoms with E-state index in [1.165, 1.54) is 0 Å². The summed E-state index contributed by atoms with van der Waals surface area (Å²) in [6.07, 6.45) is 2.32. The largest absolute Gasteiger partial charge is 2.00 e. The van der Waals surface area contributed by atoms with E-state index in [1.807, 2.05) is 13.8 Å². The van der Waals surface area contributed by atoms with Gasteiger partial charge in [0.2, 0.25) is 0 Å². The number of carbonyl (C=O) groups is 4. The van der Waals surface area contributed by atoms with Crippen LogP contribution in [0.2, 0.25) is 0 Å². The molecule has 0 aliphatic heterocycles. The fourth-order valence-corrected chi connectivity index (χ4v) is 1.33. The van der Waals surface area contributed by atoms with Crippen LogP contribution < -0.4 is 10.2 Å². The second-order valence-electron chi connectivity index (χ2n) is 4.89. The maximum Gasteiger partial charge on any atom is 2.00 e. The zero-order chi connectivity index (χ0) is 18.8. The number of carboxylic acids is 2. The van der Waals surface area contributed by atoms with Crippen molar-refractivity contribution in [2.45, 2.75) is 65.2 Å². The Hall–Kier alpha value is -1.60. The molecule has 0 aromatic carbocycles. The number of ether oxygens (including phenoxy) is 2. The summed E-state index contributed by atoms with van der Waals surface area (Å²) in [6.45, 7) is 4.61. The molecule has 0 rings (SSSR count). The van der Waals surface area contributed by atoms with Gasteiger partial charge in [-0.05, 0) is 38.5 Å². The van der Waals surface area contributed by atoms with Crippen molar-refractivity contribution in [1.29, 1.82) is 0 Å². The van der Waals surface area contributed by atoms with Crippen molar-refractivity contribution in [1.82, 2.24) is 0 Å². The molecule has 0 saturated carbocycles. The van der Waals surface area contributed by atoms with Crippen molar-refractivity contribution < 1.29 is 55.9 Å². The Morgan fingerprint density at radius 2 is 1.00 bits per heavy atom. The van der Waals surface area contributed by atoms with E-state index >= 15 is 0 Å². The Balaban J connectivity index is -0.000000372. The van der Waals surface area contributed by atoms with E-state index in [0.717, 1.165) is 12.8 Å². The van der Waals surface area contributed by atoms with Gasteiger partial charge in [-0.25, -0.2) is 0 Å². The second-order valence-corrected chi connectivity index (χ2v) is 4.89. The molecule has 8 nitrogen and oxygen atoms in total. The van der Waals surface area contributed by atoms with Crippen molar-refractivity contribution in [2.24, 2.45) is 0 Å². The van der Waals surface area contributed by atoms with Gasteiger partial charge in [0, 0.05) is 24.8 Å². The minimum atomic E-state index is -1.13. The topological polar surface area (TPSA) is 133 Å². The third-order valence-electron chi connectivity index (χ3n) is 2.46. The number of rotatable bonds is 12. The van der Waals surface area contributed by atoms with Crippen LogP contribution in [0.3, 0.4) is 0 Å². The molecule has 149 valence electrons. The Kier molecular flexibility index (Phi) is 23.1. The molecule has 25 heavy (non-hydrogen) atoms. The molecular formula is C16H26CuO8. The number of esters is 2. The van der Waals surface area contributed by atoms with Gasteiger partial charge in [0.25, 0.3) is 0 Å². The molecule has 0 spiro atoms. The monoisotopic (exact) mass is 409 g/mol. The van der Waals surface area contributed by atoms with Gasteiger partial charge in [-0.2, -0.15) is 0 Å². The first-order valence-electron chi connectivity index (χ1n) is 8.04. The zero-order valence-corrected chi connectivity index (χ0v) is 15.6. The molecule has 0 bridgehead atoms. The molecular weight excluding hydrogens is 384 g/mol. The first-order valence-corrected chi connectivity index (χ1v) is 8.04. The normalized spacial score (nSPS) is 9.04. The molecule has 0 aromatic rings. The van der Waals surface area contributed by atoms with Crippen molar-refractivity contribution in [3.63, 3.8) is 0 Å². The van der Waals surface area contributed by atoms with Crippen LogP contribution in [0.1, 0.15) is 65.2 Å². The van der Waals surface area contributed by atoms with E-state index in [2.05, 4.69) is 0 Å². The molecule has 9 heteroatoms. The predicted octanol–water partition coefficient (Wildman–Crippen LogP) is -0.283. The summed E-state index contributed by atoms with van der Waals surface area (Å²) < 4.78 is 9.44. The first-order chi connectivity index (χ1) is 11.3. The Morgan fingerprint density at radius 3 is 1.24 bits per heavy atom. The second kappa shape index (κ2) is 20.4. The van der Waals surface area contributed by atoms with E-state index in [-0.39, 0.29) is 54.7 Å². The molecule has 0 N–H and O–H groups in total. The molecule has 0 fully saturated rings. The number of carboxylic acid groups (broad SMARTS) is 2. The summed E-state index contributed by atoms with van der Waals surface area (Å²) >= 11 is 0. The number of hydrogen-bond donors (Lipinski definition) is 0. The van der Waals surface area contributed by atoms with E-state index < -0.39 is 11.9 Å². The van der Waals surface area contributed by atoms with Gasteiger partial charge >= 0.3 is 29.0 Å². The molecule has 0 aliphatic carbocycles. The van der Waals surface area contributed by atoms with Crippen LogP contribution in [-0.2, 0) is 45.7 Å². The van der Waals surface area contributed by atoms with Gasteiger partial charge in [0.05, 0.1) is 13.2 Å². The minimum absolute atomic E-state index is 0. The molecule has 0 amide bonds. The third kappa shape index (κ3) is 27.5. The van der Waals surface area contributed by atoms with Crippen LogP contribution >= 0.6 is 0 Å². The van der Waals surface area contributed by atoms with E-state index in [0.29, 0.717) is 26.1 Å².